The van der Waals surface area contributed by atoms with E-state index in [0.717, 1.165) is 0 Å². The number of H-pyrrole nitrogens is 1. The van der Waals surface area contributed by atoms with Gasteiger partial charge < -0.3 is 5.73 Å². The van der Waals surface area contributed by atoms with E-state index in [-0.39, 0.29) is 11.7 Å². The van der Waals surface area contributed by atoms with Gasteiger partial charge in [-0.25, -0.2) is 14.9 Å². The summed E-state index contributed by atoms with van der Waals surface area (Å²) in [5.41, 5.74) is 6.04. The van der Waals surface area contributed by atoms with Crippen LogP contribution in [0.2, 0.25) is 5.15 Å². The number of aromatic nitrogens is 4. The molecule has 6 nitrogen and oxygen atoms in total. The molecule has 0 bridgehead atoms. The number of nitrogens with zero attached hydrogens (tertiary/aromatic N) is 3. The van der Waals surface area contributed by atoms with Crippen LogP contribution in [-0.2, 0) is 0 Å². The second-order valence-electron chi connectivity index (χ2n) is 3.91. The molecule has 8 heteroatoms. The Morgan fingerprint density at radius 3 is 2.89 bits per heavy atom. The van der Waals surface area contributed by atoms with Crippen molar-refractivity contribution in [2.45, 2.75) is 30.1 Å². The molecule has 2 aromatic rings. The molecule has 96 valence electrons. The number of anilines is 1. The third-order valence-corrected chi connectivity index (χ3v) is 3.43. The number of hydrogen-bond donors (Lipinski definition) is 2. The van der Waals surface area contributed by atoms with Gasteiger partial charge in [0.15, 0.2) is 5.16 Å². The van der Waals surface area contributed by atoms with Crippen LogP contribution < -0.4 is 11.4 Å². The summed E-state index contributed by atoms with van der Waals surface area (Å²) in [7, 11) is 0. The van der Waals surface area contributed by atoms with Crippen LogP contribution in [0.4, 0.5) is 5.69 Å². The van der Waals surface area contributed by atoms with Gasteiger partial charge in [-0.2, -0.15) is 0 Å². The zero-order chi connectivity index (χ0) is 13.3. The Labute approximate surface area is 113 Å². The number of nitrogen functional groups attached to an aromatic ring is 1. The minimum absolute atomic E-state index is 0.000779. The first-order valence-corrected chi connectivity index (χ1v) is 6.45. The molecule has 0 saturated heterocycles. The van der Waals surface area contributed by atoms with E-state index < -0.39 is 0 Å². The summed E-state index contributed by atoms with van der Waals surface area (Å²) in [4.78, 5) is 15.7. The number of aromatic amines is 1. The van der Waals surface area contributed by atoms with Crippen molar-refractivity contribution in [1.82, 2.24) is 19.7 Å². The quantitative estimate of drug-likeness (QED) is 0.841. The van der Waals surface area contributed by atoms with Crippen molar-refractivity contribution in [3.63, 3.8) is 0 Å². The first-order valence-electron chi connectivity index (χ1n) is 5.26. The number of nitrogens with one attached hydrogen (secondary N) is 1. The second kappa shape index (κ2) is 5.03. The molecule has 0 radical (unpaired) electrons. The SMILES string of the molecule is CC(C)n1c(Sc2nc(Cl)ccc2N)n[nH]c1=O. The fourth-order valence-electron chi connectivity index (χ4n) is 1.41. The van der Waals surface area contributed by atoms with Crippen LogP contribution >= 0.6 is 23.4 Å². The molecule has 0 unspecified atom stereocenters. The maximum Gasteiger partial charge on any atom is 0.344 e. The van der Waals surface area contributed by atoms with Gasteiger partial charge in [0.1, 0.15) is 10.2 Å². The first kappa shape index (κ1) is 13.0. The summed E-state index contributed by atoms with van der Waals surface area (Å²) in [6.07, 6.45) is 0. The van der Waals surface area contributed by atoms with Gasteiger partial charge in [0.2, 0.25) is 0 Å². The van der Waals surface area contributed by atoms with Crippen LogP contribution in [0.5, 0.6) is 0 Å². The smallest absolute Gasteiger partial charge is 0.344 e. The monoisotopic (exact) mass is 285 g/mol. The Balaban J connectivity index is 2.40. The lowest BCUT2D eigenvalue weighted by Gasteiger charge is -2.09. The highest BCUT2D eigenvalue weighted by atomic mass is 35.5. The van der Waals surface area contributed by atoms with Crippen LogP contribution in [0.1, 0.15) is 19.9 Å². The van der Waals surface area contributed by atoms with Gasteiger partial charge in [-0.1, -0.05) is 11.6 Å². The Bertz CT molecular complexity index is 621. The first-order chi connectivity index (χ1) is 8.49. The molecule has 3 N–H and O–H groups in total. The summed E-state index contributed by atoms with van der Waals surface area (Å²) < 4.78 is 1.53. The van der Waals surface area contributed by atoms with Gasteiger partial charge in [-0.3, -0.25) is 4.57 Å². The molecule has 18 heavy (non-hydrogen) atoms. The van der Waals surface area contributed by atoms with E-state index in [1.54, 1.807) is 12.1 Å². The fourth-order valence-corrected chi connectivity index (χ4v) is 2.60. The van der Waals surface area contributed by atoms with Crippen molar-refractivity contribution in [3.05, 3.63) is 27.8 Å². The molecule has 2 heterocycles. The molecule has 0 spiro atoms. The third kappa shape index (κ3) is 2.51. The van der Waals surface area contributed by atoms with Crippen LogP contribution in [0.15, 0.2) is 27.1 Å². The Morgan fingerprint density at radius 2 is 2.22 bits per heavy atom. The average Bonchev–Trinajstić information content (AvgIpc) is 2.65. The van der Waals surface area contributed by atoms with Gasteiger partial charge in [0.05, 0.1) is 5.69 Å². The average molecular weight is 286 g/mol. The van der Waals surface area contributed by atoms with Crippen molar-refractivity contribution in [2.24, 2.45) is 0 Å². The highest BCUT2D eigenvalue weighted by Crippen LogP contribution is 2.30. The Kier molecular flexibility index (Phi) is 3.63. The largest absolute Gasteiger partial charge is 0.397 e. The lowest BCUT2D eigenvalue weighted by molar-refractivity contribution is 0.534. The highest BCUT2D eigenvalue weighted by molar-refractivity contribution is 7.99. The standard InChI is InChI=1S/C10H12ClN5OS/c1-5(2)16-9(17)14-15-10(16)18-8-6(12)3-4-7(11)13-8/h3-5H,12H2,1-2H3,(H,14,17). The lowest BCUT2D eigenvalue weighted by Crippen LogP contribution is -2.19. The van der Waals surface area contributed by atoms with E-state index >= 15 is 0 Å². The minimum Gasteiger partial charge on any atom is -0.397 e. The van der Waals surface area contributed by atoms with Crippen molar-refractivity contribution in [2.75, 3.05) is 5.73 Å². The number of pyridine rings is 1. The van der Waals surface area contributed by atoms with E-state index in [1.807, 2.05) is 13.8 Å². The van der Waals surface area contributed by atoms with E-state index in [1.165, 1.54) is 16.3 Å². The predicted octanol–water partition coefficient (Wildman–Crippen LogP) is 1.93. The minimum atomic E-state index is -0.256. The van der Waals surface area contributed by atoms with Crippen molar-refractivity contribution < 1.29 is 0 Å². The van der Waals surface area contributed by atoms with E-state index in [2.05, 4.69) is 15.2 Å². The van der Waals surface area contributed by atoms with Crippen LogP contribution in [0.3, 0.4) is 0 Å². The molecular formula is C10H12ClN5OS. The summed E-state index contributed by atoms with van der Waals surface area (Å²) in [6, 6.07) is 3.28. The van der Waals surface area contributed by atoms with E-state index in [4.69, 9.17) is 17.3 Å². The van der Waals surface area contributed by atoms with E-state index in [0.29, 0.717) is 21.0 Å². The van der Waals surface area contributed by atoms with Gasteiger partial charge in [-0.05, 0) is 37.7 Å². The van der Waals surface area contributed by atoms with E-state index in [9.17, 15) is 4.79 Å². The zero-order valence-electron chi connectivity index (χ0n) is 9.85. The molecule has 0 fully saturated rings. The Hall–Kier alpha value is -1.47. The summed E-state index contributed by atoms with van der Waals surface area (Å²) >= 11 is 7.02. The molecule has 0 aliphatic carbocycles. The third-order valence-electron chi connectivity index (χ3n) is 2.23. The van der Waals surface area contributed by atoms with Crippen LogP contribution in [0, 0.1) is 0 Å². The maximum absolute atomic E-state index is 11.6. The molecule has 0 amide bonds. The number of hydrogen-bond acceptors (Lipinski definition) is 5. The summed E-state index contributed by atoms with van der Waals surface area (Å²) in [5, 5.41) is 7.75. The van der Waals surface area contributed by atoms with Crippen LogP contribution in [0.25, 0.3) is 0 Å². The lowest BCUT2D eigenvalue weighted by atomic mass is 10.4. The van der Waals surface area contributed by atoms with Crippen molar-refractivity contribution in [1.29, 1.82) is 0 Å². The molecule has 0 aliphatic heterocycles. The topological polar surface area (TPSA) is 89.6 Å². The normalized spacial score (nSPS) is 11.1. The zero-order valence-corrected chi connectivity index (χ0v) is 11.4. The second-order valence-corrected chi connectivity index (χ2v) is 5.25. The maximum atomic E-state index is 11.6. The fraction of sp³-hybridized carbons (Fsp3) is 0.300. The summed E-state index contributed by atoms with van der Waals surface area (Å²) in [6.45, 7) is 3.80. The van der Waals surface area contributed by atoms with Gasteiger partial charge >= 0.3 is 5.69 Å². The highest BCUT2D eigenvalue weighted by Gasteiger charge is 2.15. The van der Waals surface area contributed by atoms with Gasteiger partial charge in [0, 0.05) is 6.04 Å². The molecule has 0 atom stereocenters. The number of nitrogens with two attached hydrogens (primary N) is 1. The number of rotatable bonds is 3. The Morgan fingerprint density at radius 1 is 1.50 bits per heavy atom. The molecule has 0 aromatic carbocycles. The van der Waals surface area contributed by atoms with Gasteiger partial charge in [-0.15, -0.1) is 5.10 Å². The molecule has 0 aliphatic rings. The van der Waals surface area contributed by atoms with Crippen molar-refractivity contribution in [3.8, 4) is 0 Å². The predicted molar refractivity (Wildman–Crippen MR) is 71.0 cm³/mol. The van der Waals surface area contributed by atoms with Gasteiger partial charge in [0.25, 0.3) is 0 Å². The molecular weight excluding hydrogens is 274 g/mol. The van der Waals surface area contributed by atoms with Crippen molar-refractivity contribution >= 4 is 29.1 Å². The molecule has 0 saturated carbocycles. The molecule has 2 rings (SSSR count). The number of halogens is 1. The van der Waals surface area contributed by atoms with Crippen LogP contribution in [-0.4, -0.2) is 19.7 Å². The summed E-state index contributed by atoms with van der Waals surface area (Å²) in [5.74, 6) is 0. The molecule has 2 aromatic heterocycles.